The van der Waals surface area contributed by atoms with Gasteiger partial charge in [0.1, 0.15) is 12.7 Å². The SMILES string of the molecule is CCN(CC(=O)NC(=O)Nc1cccc(C)c1C)CC1COc2ccccc2O1. The molecule has 0 saturated heterocycles. The molecule has 0 spiro atoms. The molecule has 3 rings (SSSR count). The Bertz CT molecular complexity index is 884. The van der Waals surface area contributed by atoms with E-state index in [4.69, 9.17) is 9.47 Å². The first-order valence-electron chi connectivity index (χ1n) is 9.74. The van der Waals surface area contributed by atoms with E-state index >= 15 is 0 Å². The summed E-state index contributed by atoms with van der Waals surface area (Å²) in [7, 11) is 0. The van der Waals surface area contributed by atoms with Crippen molar-refractivity contribution in [3.63, 3.8) is 0 Å². The Hall–Kier alpha value is -3.06. The highest BCUT2D eigenvalue weighted by Gasteiger charge is 2.24. The van der Waals surface area contributed by atoms with Gasteiger partial charge in [-0.2, -0.15) is 0 Å². The molecular formula is C22H27N3O4. The third kappa shape index (κ3) is 5.48. The molecule has 7 heteroatoms. The first-order chi connectivity index (χ1) is 14.0. The summed E-state index contributed by atoms with van der Waals surface area (Å²) in [6, 6.07) is 12.6. The lowest BCUT2D eigenvalue weighted by molar-refractivity contribution is -0.121. The van der Waals surface area contributed by atoms with Gasteiger partial charge in [-0.3, -0.25) is 15.0 Å². The smallest absolute Gasteiger partial charge is 0.325 e. The molecule has 0 radical (unpaired) electrons. The number of anilines is 1. The van der Waals surface area contributed by atoms with E-state index in [1.165, 1.54) is 0 Å². The fraction of sp³-hybridized carbons (Fsp3) is 0.364. The van der Waals surface area contributed by atoms with Crippen LogP contribution in [0.4, 0.5) is 10.5 Å². The molecule has 1 unspecified atom stereocenters. The van der Waals surface area contributed by atoms with Crippen molar-refractivity contribution in [2.24, 2.45) is 0 Å². The molecule has 0 bridgehead atoms. The van der Waals surface area contributed by atoms with Gasteiger partial charge in [0.05, 0.1) is 6.54 Å². The van der Waals surface area contributed by atoms with Crippen LogP contribution in [0.2, 0.25) is 0 Å². The van der Waals surface area contributed by atoms with Gasteiger partial charge >= 0.3 is 6.03 Å². The molecule has 1 atom stereocenters. The van der Waals surface area contributed by atoms with Crippen LogP contribution in [0.1, 0.15) is 18.1 Å². The maximum Gasteiger partial charge on any atom is 0.325 e. The van der Waals surface area contributed by atoms with Crippen molar-refractivity contribution < 1.29 is 19.1 Å². The summed E-state index contributed by atoms with van der Waals surface area (Å²) in [6.07, 6.45) is -0.179. The lowest BCUT2D eigenvalue weighted by atomic mass is 10.1. The minimum absolute atomic E-state index is 0.0955. The van der Waals surface area contributed by atoms with Crippen molar-refractivity contribution >= 4 is 17.6 Å². The average Bonchev–Trinajstić information content (AvgIpc) is 2.70. The number of carbonyl (C=O) groups excluding carboxylic acids is 2. The highest BCUT2D eigenvalue weighted by molar-refractivity contribution is 6.02. The van der Waals surface area contributed by atoms with E-state index in [0.29, 0.717) is 31.1 Å². The summed E-state index contributed by atoms with van der Waals surface area (Å²) in [5, 5.41) is 5.12. The van der Waals surface area contributed by atoms with E-state index in [9.17, 15) is 9.59 Å². The monoisotopic (exact) mass is 397 g/mol. The standard InChI is InChI=1S/C22H27N3O4/c1-4-25(12-17-14-28-19-10-5-6-11-20(19)29-17)13-21(26)24-22(27)23-18-9-7-8-15(2)16(18)3/h5-11,17H,4,12-14H2,1-3H3,(H2,23,24,26,27). The fourth-order valence-electron chi connectivity index (χ4n) is 3.16. The van der Waals surface area contributed by atoms with Crippen molar-refractivity contribution in [1.82, 2.24) is 10.2 Å². The number of hydrogen-bond acceptors (Lipinski definition) is 5. The fourth-order valence-corrected chi connectivity index (χ4v) is 3.16. The van der Waals surface area contributed by atoms with E-state index in [2.05, 4.69) is 10.6 Å². The lowest BCUT2D eigenvalue weighted by Gasteiger charge is -2.30. The number of ether oxygens (including phenoxy) is 2. The van der Waals surface area contributed by atoms with E-state index in [0.717, 1.165) is 16.9 Å². The minimum Gasteiger partial charge on any atom is -0.486 e. The predicted octanol–water partition coefficient (Wildman–Crippen LogP) is 3.11. The lowest BCUT2D eigenvalue weighted by Crippen LogP contribution is -2.46. The number of likely N-dealkylation sites (N-methyl/N-ethyl adjacent to an activating group) is 1. The number of benzene rings is 2. The van der Waals surface area contributed by atoms with Gasteiger partial charge in [0.2, 0.25) is 5.91 Å². The van der Waals surface area contributed by atoms with Crippen LogP contribution in [0.25, 0.3) is 0 Å². The summed E-state index contributed by atoms with van der Waals surface area (Å²) in [5.41, 5.74) is 2.73. The van der Waals surface area contributed by atoms with Gasteiger partial charge in [0.15, 0.2) is 11.5 Å². The molecule has 2 aromatic rings. The van der Waals surface area contributed by atoms with E-state index < -0.39 is 6.03 Å². The van der Waals surface area contributed by atoms with Gasteiger partial charge in [-0.05, 0) is 49.7 Å². The second kappa shape index (κ2) is 9.43. The Kier molecular flexibility index (Phi) is 6.72. The number of aryl methyl sites for hydroxylation is 1. The number of urea groups is 1. The zero-order valence-electron chi connectivity index (χ0n) is 17.0. The zero-order chi connectivity index (χ0) is 20.8. The van der Waals surface area contributed by atoms with Crippen molar-refractivity contribution in [3.8, 4) is 11.5 Å². The number of nitrogens with one attached hydrogen (secondary N) is 2. The number of para-hydroxylation sites is 2. The quantitative estimate of drug-likeness (QED) is 0.783. The molecule has 154 valence electrons. The maximum atomic E-state index is 12.3. The van der Waals surface area contributed by atoms with E-state index in [1.807, 2.05) is 68.1 Å². The second-order valence-corrected chi connectivity index (χ2v) is 7.08. The zero-order valence-corrected chi connectivity index (χ0v) is 17.0. The Morgan fingerprint density at radius 2 is 1.86 bits per heavy atom. The second-order valence-electron chi connectivity index (χ2n) is 7.08. The molecule has 0 aromatic heterocycles. The molecule has 0 saturated carbocycles. The van der Waals surface area contributed by atoms with Gasteiger partial charge in [0.25, 0.3) is 0 Å². The normalized spacial score (nSPS) is 15.1. The molecule has 2 aromatic carbocycles. The van der Waals surface area contributed by atoms with Crippen molar-refractivity contribution in [1.29, 1.82) is 0 Å². The summed E-state index contributed by atoms with van der Waals surface area (Å²) < 4.78 is 11.7. The number of imide groups is 1. The largest absolute Gasteiger partial charge is 0.486 e. The van der Waals surface area contributed by atoms with Crippen LogP contribution in [0.3, 0.4) is 0 Å². The topological polar surface area (TPSA) is 79.9 Å². The number of fused-ring (bicyclic) bond motifs is 1. The summed E-state index contributed by atoms with van der Waals surface area (Å²) in [4.78, 5) is 26.4. The van der Waals surface area contributed by atoms with Crippen LogP contribution in [-0.4, -0.2) is 49.2 Å². The van der Waals surface area contributed by atoms with Gasteiger partial charge in [-0.1, -0.05) is 31.2 Å². The van der Waals surface area contributed by atoms with Gasteiger partial charge in [-0.15, -0.1) is 0 Å². The van der Waals surface area contributed by atoms with Crippen molar-refractivity contribution in [3.05, 3.63) is 53.6 Å². The molecule has 1 aliphatic heterocycles. The minimum atomic E-state index is -0.536. The van der Waals surface area contributed by atoms with E-state index in [1.54, 1.807) is 0 Å². The molecule has 29 heavy (non-hydrogen) atoms. The predicted molar refractivity (Wildman–Crippen MR) is 112 cm³/mol. The van der Waals surface area contributed by atoms with Crippen LogP contribution in [0.5, 0.6) is 11.5 Å². The average molecular weight is 397 g/mol. The molecule has 7 nitrogen and oxygen atoms in total. The Balaban J connectivity index is 1.49. The molecule has 3 amide bonds. The summed E-state index contributed by atoms with van der Waals surface area (Å²) >= 11 is 0. The first kappa shape index (κ1) is 20.7. The van der Waals surface area contributed by atoms with Crippen LogP contribution in [-0.2, 0) is 4.79 Å². The Labute approximate surface area is 171 Å². The van der Waals surface area contributed by atoms with Gasteiger partial charge in [0, 0.05) is 12.2 Å². The third-order valence-electron chi connectivity index (χ3n) is 4.95. The molecule has 0 fully saturated rings. The number of nitrogens with zero attached hydrogens (tertiary/aromatic N) is 1. The van der Waals surface area contributed by atoms with Crippen molar-refractivity contribution in [2.75, 3.05) is 31.6 Å². The number of carbonyl (C=O) groups is 2. The molecule has 1 heterocycles. The number of amides is 3. The van der Waals surface area contributed by atoms with Gasteiger partial charge in [-0.25, -0.2) is 4.79 Å². The third-order valence-corrected chi connectivity index (χ3v) is 4.95. The molecule has 2 N–H and O–H groups in total. The number of rotatable bonds is 6. The molecule has 1 aliphatic rings. The highest BCUT2D eigenvalue weighted by Crippen LogP contribution is 2.31. The van der Waals surface area contributed by atoms with Crippen LogP contribution >= 0.6 is 0 Å². The molecular weight excluding hydrogens is 370 g/mol. The first-order valence-corrected chi connectivity index (χ1v) is 9.74. The van der Waals surface area contributed by atoms with E-state index in [-0.39, 0.29) is 18.6 Å². The maximum absolute atomic E-state index is 12.3. The number of hydrogen-bond donors (Lipinski definition) is 2. The Morgan fingerprint density at radius 3 is 2.62 bits per heavy atom. The Morgan fingerprint density at radius 1 is 1.10 bits per heavy atom. The van der Waals surface area contributed by atoms with Crippen LogP contribution < -0.4 is 20.1 Å². The molecule has 0 aliphatic carbocycles. The summed E-state index contributed by atoms with van der Waals surface area (Å²) in [5.74, 6) is 1.07. The van der Waals surface area contributed by atoms with Crippen molar-refractivity contribution in [2.45, 2.75) is 26.9 Å². The van der Waals surface area contributed by atoms with Crippen LogP contribution in [0, 0.1) is 13.8 Å². The van der Waals surface area contributed by atoms with Crippen LogP contribution in [0.15, 0.2) is 42.5 Å². The highest BCUT2D eigenvalue weighted by atomic mass is 16.6. The van der Waals surface area contributed by atoms with Gasteiger partial charge < -0.3 is 14.8 Å². The summed E-state index contributed by atoms with van der Waals surface area (Å²) in [6.45, 7) is 7.54.